The summed E-state index contributed by atoms with van der Waals surface area (Å²) in [6, 6.07) is 7.13. The first-order valence-corrected chi connectivity index (χ1v) is 11.3. The molecule has 1 heterocycles. The van der Waals surface area contributed by atoms with Gasteiger partial charge in [0.1, 0.15) is 12.6 Å². The number of morpholine rings is 1. The highest BCUT2D eigenvalue weighted by molar-refractivity contribution is 6.30. The second-order valence-electron chi connectivity index (χ2n) is 9.44. The van der Waals surface area contributed by atoms with Gasteiger partial charge in [0.25, 0.3) is 5.91 Å². The first kappa shape index (κ1) is 23.6. The van der Waals surface area contributed by atoms with E-state index in [-0.39, 0.29) is 41.7 Å². The number of halogens is 1. The number of carbonyl (C=O) groups excluding carboxylic acids is 2. The van der Waals surface area contributed by atoms with E-state index in [9.17, 15) is 9.59 Å². The SMILES string of the molecule is COCCNC(=O)CN1C(=O)/C(=C\c2ccc(Cl)cc2)OC2CCC(C(C)(C)C)CC21. The molecule has 2 amide bonds. The first-order valence-electron chi connectivity index (χ1n) is 10.9. The molecule has 3 atom stereocenters. The van der Waals surface area contributed by atoms with Crippen molar-refractivity contribution in [2.24, 2.45) is 11.3 Å². The van der Waals surface area contributed by atoms with Gasteiger partial charge in [-0.05, 0) is 54.4 Å². The molecule has 1 aliphatic carbocycles. The van der Waals surface area contributed by atoms with Gasteiger partial charge in [0.15, 0.2) is 5.76 Å². The zero-order valence-corrected chi connectivity index (χ0v) is 19.6. The number of hydrogen-bond donors (Lipinski definition) is 1. The van der Waals surface area contributed by atoms with Crippen molar-refractivity contribution in [2.75, 3.05) is 26.8 Å². The van der Waals surface area contributed by atoms with Crippen LogP contribution in [0.25, 0.3) is 6.08 Å². The quantitative estimate of drug-likeness (QED) is 0.529. The summed E-state index contributed by atoms with van der Waals surface area (Å²) in [5.41, 5.74) is 0.971. The zero-order valence-electron chi connectivity index (χ0n) is 18.8. The minimum absolute atomic E-state index is 0.0158. The minimum atomic E-state index is -0.243. The molecule has 0 spiro atoms. The van der Waals surface area contributed by atoms with Gasteiger partial charge in [0.05, 0.1) is 12.6 Å². The average molecular weight is 449 g/mol. The lowest BCUT2D eigenvalue weighted by Gasteiger charge is -2.48. The third kappa shape index (κ3) is 6.01. The Morgan fingerprint density at radius 3 is 2.65 bits per heavy atom. The average Bonchev–Trinajstić information content (AvgIpc) is 2.72. The zero-order chi connectivity index (χ0) is 22.6. The van der Waals surface area contributed by atoms with Gasteiger partial charge in [-0.25, -0.2) is 0 Å². The summed E-state index contributed by atoms with van der Waals surface area (Å²) in [4.78, 5) is 27.6. The lowest BCUT2D eigenvalue weighted by Crippen LogP contribution is -2.58. The van der Waals surface area contributed by atoms with E-state index in [4.69, 9.17) is 21.1 Å². The van der Waals surface area contributed by atoms with Gasteiger partial charge >= 0.3 is 0 Å². The predicted octanol–water partition coefficient (Wildman–Crippen LogP) is 3.89. The molecule has 2 aliphatic rings. The van der Waals surface area contributed by atoms with Gasteiger partial charge in [0.2, 0.25) is 5.91 Å². The largest absolute Gasteiger partial charge is 0.482 e. The van der Waals surface area contributed by atoms with E-state index in [2.05, 4.69) is 26.1 Å². The molecule has 1 aromatic carbocycles. The standard InChI is InChI=1S/C24H33ClN2O4/c1-24(2,3)17-7-10-20-19(14-17)27(15-22(28)26-11-12-30-4)23(29)21(31-20)13-16-5-8-18(25)9-6-16/h5-6,8-9,13,17,19-20H,7,10-12,14-15H2,1-4H3,(H,26,28)/b21-13+. The molecule has 1 saturated heterocycles. The van der Waals surface area contributed by atoms with Crippen LogP contribution < -0.4 is 5.32 Å². The van der Waals surface area contributed by atoms with Crippen molar-refractivity contribution in [1.82, 2.24) is 10.2 Å². The van der Waals surface area contributed by atoms with Crippen LogP contribution in [0.15, 0.2) is 30.0 Å². The number of methoxy groups -OCH3 is 1. The second-order valence-corrected chi connectivity index (χ2v) is 9.87. The molecule has 2 fully saturated rings. The van der Waals surface area contributed by atoms with Crippen molar-refractivity contribution in [3.05, 3.63) is 40.6 Å². The lowest BCUT2D eigenvalue weighted by molar-refractivity contribution is -0.154. The Kier molecular flexibility index (Phi) is 7.65. The lowest BCUT2D eigenvalue weighted by atomic mass is 9.69. The number of fused-ring (bicyclic) bond motifs is 1. The van der Waals surface area contributed by atoms with Crippen LogP contribution in [0.2, 0.25) is 5.02 Å². The van der Waals surface area contributed by atoms with Crippen LogP contribution in [0, 0.1) is 11.3 Å². The summed E-state index contributed by atoms with van der Waals surface area (Å²) >= 11 is 5.98. The Bertz CT molecular complexity index is 816. The van der Waals surface area contributed by atoms with E-state index in [1.54, 1.807) is 30.2 Å². The molecule has 3 unspecified atom stereocenters. The summed E-state index contributed by atoms with van der Waals surface area (Å²) in [7, 11) is 1.59. The van der Waals surface area contributed by atoms with E-state index in [1.807, 2.05) is 12.1 Å². The minimum Gasteiger partial charge on any atom is -0.482 e. The fourth-order valence-electron chi connectivity index (χ4n) is 4.37. The highest BCUT2D eigenvalue weighted by atomic mass is 35.5. The van der Waals surface area contributed by atoms with E-state index >= 15 is 0 Å². The van der Waals surface area contributed by atoms with Crippen molar-refractivity contribution in [1.29, 1.82) is 0 Å². The predicted molar refractivity (Wildman–Crippen MR) is 121 cm³/mol. The molecule has 31 heavy (non-hydrogen) atoms. The maximum atomic E-state index is 13.4. The highest BCUT2D eigenvalue weighted by Gasteiger charge is 2.46. The van der Waals surface area contributed by atoms with Crippen LogP contribution in [0.1, 0.15) is 45.6 Å². The summed E-state index contributed by atoms with van der Waals surface area (Å²) in [6.45, 7) is 7.57. The number of benzene rings is 1. The third-order valence-electron chi connectivity index (χ3n) is 6.24. The number of ether oxygens (including phenoxy) is 2. The molecule has 1 N–H and O–H groups in total. The fraction of sp³-hybridized carbons (Fsp3) is 0.583. The van der Waals surface area contributed by atoms with Crippen molar-refractivity contribution in [3.63, 3.8) is 0 Å². The first-order chi connectivity index (χ1) is 14.7. The van der Waals surface area contributed by atoms with Gasteiger partial charge < -0.3 is 19.7 Å². The smallest absolute Gasteiger partial charge is 0.289 e. The van der Waals surface area contributed by atoms with E-state index in [0.29, 0.717) is 24.1 Å². The van der Waals surface area contributed by atoms with Crippen molar-refractivity contribution in [3.8, 4) is 0 Å². The van der Waals surface area contributed by atoms with Crippen LogP contribution >= 0.6 is 11.6 Å². The number of nitrogens with zero attached hydrogens (tertiary/aromatic N) is 1. The molecule has 0 radical (unpaired) electrons. The van der Waals surface area contributed by atoms with Gasteiger partial charge in [-0.1, -0.05) is 44.5 Å². The van der Waals surface area contributed by atoms with E-state index in [0.717, 1.165) is 24.8 Å². The number of amides is 2. The summed E-state index contributed by atoms with van der Waals surface area (Å²) in [5.74, 6) is 0.316. The summed E-state index contributed by atoms with van der Waals surface area (Å²) < 4.78 is 11.2. The maximum Gasteiger partial charge on any atom is 0.289 e. The van der Waals surface area contributed by atoms with Crippen molar-refractivity contribution >= 4 is 29.5 Å². The van der Waals surface area contributed by atoms with Crippen LogP contribution in [-0.4, -0.2) is 55.7 Å². The normalized spacial score (nSPS) is 25.2. The molecule has 0 aromatic heterocycles. The Labute approximate surface area is 189 Å². The van der Waals surface area contributed by atoms with Gasteiger partial charge in [-0.15, -0.1) is 0 Å². The third-order valence-corrected chi connectivity index (χ3v) is 6.49. The topological polar surface area (TPSA) is 67.9 Å². The van der Waals surface area contributed by atoms with Gasteiger partial charge in [0, 0.05) is 18.7 Å². The van der Waals surface area contributed by atoms with Crippen LogP contribution in [0.5, 0.6) is 0 Å². The monoisotopic (exact) mass is 448 g/mol. The summed E-state index contributed by atoms with van der Waals surface area (Å²) in [6.07, 6.45) is 4.36. The number of nitrogens with one attached hydrogen (secondary N) is 1. The Morgan fingerprint density at radius 2 is 2.00 bits per heavy atom. The second kappa shape index (κ2) is 10.0. The fourth-order valence-corrected chi connectivity index (χ4v) is 4.50. The highest BCUT2D eigenvalue weighted by Crippen LogP contribution is 2.42. The maximum absolute atomic E-state index is 13.4. The molecule has 6 nitrogen and oxygen atoms in total. The molecule has 0 bridgehead atoms. The Hall–Kier alpha value is -2.05. The Balaban J connectivity index is 1.84. The van der Waals surface area contributed by atoms with Crippen LogP contribution in [0.4, 0.5) is 0 Å². The molecular formula is C24H33ClN2O4. The molecule has 170 valence electrons. The molecule has 1 aliphatic heterocycles. The molecule has 1 aromatic rings. The Morgan fingerprint density at radius 1 is 1.29 bits per heavy atom. The molecular weight excluding hydrogens is 416 g/mol. The van der Waals surface area contributed by atoms with Crippen molar-refractivity contribution < 1.29 is 19.1 Å². The van der Waals surface area contributed by atoms with E-state index in [1.165, 1.54) is 0 Å². The number of hydrogen-bond acceptors (Lipinski definition) is 4. The van der Waals surface area contributed by atoms with Gasteiger partial charge in [-0.3, -0.25) is 9.59 Å². The number of rotatable bonds is 6. The molecule has 7 heteroatoms. The van der Waals surface area contributed by atoms with Crippen LogP contribution in [-0.2, 0) is 19.1 Å². The molecule has 1 saturated carbocycles. The summed E-state index contributed by atoms with van der Waals surface area (Å²) in [5, 5.41) is 3.46. The molecule has 3 rings (SSSR count). The van der Waals surface area contributed by atoms with Gasteiger partial charge in [-0.2, -0.15) is 0 Å². The van der Waals surface area contributed by atoms with Crippen molar-refractivity contribution in [2.45, 2.75) is 52.2 Å². The van der Waals surface area contributed by atoms with E-state index < -0.39 is 0 Å². The number of carbonyl (C=O) groups is 2. The van der Waals surface area contributed by atoms with Crippen LogP contribution in [0.3, 0.4) is 0 Å².